The summed E-state index contributed by atoms with van der Waals surface area (Å²) >= 11 is 0. The van der Waals surface area contributed by atoms with E-state index in [1.165, 1.54) is 39.0 Å². The summed E-state index contributed by atoms with van der Waals surface area (Å²) in [4.78, 5) is 0. The van der Waals surface area contributed by atoms with E-state index in [1.54, 1.807) is 0 Å². The number of hydrazone groups is 1. The molecule has 0 spiro atoms. The molecule has 0 bridgehead atoms. The Morgan fingerprint density at radius 1 is 0.667 bits per heavy atom. The lowest BCUT2D eigenvalue weighted by Gasteiger charge is -2.20. The third-order valence-electron chi connectivity index (χ3n) is 7.10. The predicted octanol–water partition coefficient (Wildman–Crippen LogP) is 9.07. The quantitative estimate of drug-likeness (QED) is 0.211. The van der Waals surface area contributed by atoms with Crippen LogP contribution in [0.2, 0.25) is 0 Å². The van der Waals surface area contributed by atoms with E-state index in [9.17, 15) is 0 Å². The van der Waals surface area contributed by atoms with Gasteiger partial charge in [0.2, 0.25) is 0 Å². The van der Waals surface area contributed by atoms with E-state index in [0.29, 0.717) is 11.8 Å². The molecule has 1 unspecified atom stereocenters. The molecule has 1 aliphatic carbocycles. The molecule has 0 aromatic heterocycles. The maximum atomic E-state index is 4.79. The van der Waals surface area contributed by atoms with Gasteiger partial charge < -0.3 is 0 Å². The van der Waals surface area contributed by atoms with Crippen LogP contribution >= 0.6 is 0 Å². The van der Waals surface area contributed by atoms with Crippen LogP contribution in [0.15, 0.2) is 102 Å². The molecule has 0 heterocycles. The van der Waals surface area contributed by atoms with Gasteiger partial charge >= 0.3 is 0 Å². The molecule has 0 amide bonds. The standard InChI is InChI=1S/C34H34N2/c1-23(2)28-19-12-20-29(24(3)4)34(28)36-35-22-27-16-9-11-18-31(27)33-30-17-10-8-15-26(30)21-32(33)25-13-6-5-7-14-25/h5-24,33,36H,1-4H3. The van der Waals surface area contributed by atoms with Crippen LogP contribution in [0.5, 0.6) is 0 Å². The van der Waals surface area contributed by atoms with Gasteiger partial charge in [-0.25, -0.2) is 0 Å². The first-order chi connectivity index (χ1) is 17.5. The summed E-state index contributed by atoms with van der Waals surface area (Å²) < 4.78 is 0. The van der Waals surface area contributed by atoms with Crippen LogP contribution in [-0.2, 0) is 0 Å². The molecule has 4 aromatic carbocycles. The van der Waals surface area contributed by atoms with E-state index in [1.807, 2.05) is 6.21 Å². The number of benzene rings is 4. The number of para-hydroxylation sites is 1. The first-order valence-corrected chi connectivity index (χ1v) is 12.9. The summed E-state index contributed by atoms with van der Waals surface area (Å²) in [6, 6.07) is 34.7. The Balaban J connectivity index is 1.53. The summed E-state index contributed by atoms with van der Waals surface area (Å²) in [5.41, 5.74) is 14.8. The summed E-state index contributed by atoms with van der Waals surface area (Å²) in [6.45, 7) is 8.94. The molecule has 1 aliphatic rings. The van der Waals surface area contributed by atoms with Crippen LogP contribution in [0.1, 0.15) is 84.4 Å². The normalized spacial score (nSPS) is 14.9. The lowest BCUT2D eigenvalue weighted by atomic mass is 9.83. The topological polar surface area (TPSA) is 24.4 Å². The molecule has 1 N–H and O–H groups in total. The van der Waals surface area contributed by atoms with Gasteiger partial charge in [-0.3, -0.25) is 5.43 Å². The van der Waals surface area contributed by atoms with E-state index in [-0.39, 0.29) is 5.92 Å². The highest BCUT2D eigenvalue weighted by Crippen LogP contribution is 2.46. The molecule has 36 heavy (non-hydrogen) atoms. The summed E-state index contributed by atoms with van der Waals surface area (Å²) in [7, 11) is 0. The average molecular weight is 471 g/mol. The van der Waals surface area contributed by atoms with E-state index in [2.05, 4.69) is 136 Å². The highest BCUT2D eigenvalue weighted by Gasteiger charge is 2.28. The number of fused-ring (bicyclic) bond motifs is 1. The van der Waals surface area contributed by atoms with Gasteiger partial charge in [0, 0.05) is 5.92 Å². The second-order valence-corrected chi connectivity index (χ2v) is 10.1. The fraction of sp³-hybridized carbons (Fsp3) is 0.206. The van der Waals surface area contributed by atoms with Gasteiger partial charge in [0.1, 0.15) is 0 Å². The maximum Gasteiger partial charge on any atom is 0.0630 e. The number of hydrogen-bond donors (Lipinski definition) is 1. The molecule has 0 saturated heterocycles. The van der Waals surface area contributed by atoms with Crippen molar-refractivity contribution >= 4 is 23.6 Å². The van der Waals surface area contributed by atoms with Crippen molar-refractivity contribution in [3.05, 3.63) is 136 Å². The van der Waals surface area contributed by atoms with E-state index in [0.717, 1.165) is 11.3 Å². The molecule has 4 aromatic rings. The zero-order valence-corrected chi connectivity index (χ0v) is 21.6. The van der Waals surface area contributed by atoms with Gasteiger partial charge in [-0.2, -0.15) is 5.10 Å². The highest BCUT2D eigenvalue weighted by molar-refractivity contribution is 5.95. The molecule has 0 radical (unpaired) electrons. The van der Waals surface area contributed by atoms with Crippen LogP contribution < -0.4 is 5.43 Å². The van der Waals surface area contributed by atoms with Gasteiger partial charge in [0.25, 0.3) is 0 Å². The first-order valence-electron chi connectivity index (χ1n) is 12.9. The number of anilines is 1. The largest absolute Gasteiger partial charge is 0.278 e. The minimum atomic E-state index is 0.167. The lowest BCUT2D eigenvalue weighted by molar-refractivity contribution is 0.835. The number of allylic oxidation sites excluding steroid dienone is 1. The van der Waals surface area contributed by atoms with Crippen molar-refractivity contribution in [1.29, 1.82) is 0 Å². The molecular formula is C34H34N2. The van der Waals surface area contributed by atoms with Gasteiger partial charge in [-0.1, -0.05) is 125 Å². The minimum absolute atomic E-state index is 0.167. The Morgan fingerprint density at radius 2 is 1.28 bits per heavy atom. The summed E-state index contributed by atoms with van der Waals surface area (Å²) in [6.07, 6.45) is 4.33. The van der Waals surface area contributed by atoms with Crippen molar-refractivity contribution in [2.75, 3.05) is 5.43 Å². The van der Waals surface area contributed by atoms with Crippen molar-refractivity contribution in [2.24, 2.45) is 5.10 Å². The Kier molecular flexibility index (Phi) is 6.86. The Hall–Kier alpha value is -3.91. The van der Waals surface area contributed by atoms with Crippen LogP contribution in [-0.4, -0.2) is 6.21 Å². The highest BCUT2D eigenvalue weighted by atomic mass is 15.3. The monoisotopic (exact) mass is 470 g/mol. The van der Waals surface area contributed by atoms with Gasteiger partial charge in [-0.15, -0.1) is 0 Å². The predicted molar refractivity (Wildman–Crippen MR) is 155 cm³/mol. The Morgan fingerprint density at radius 3 is 1.97 bits per heavy atom. The second kappa shape index (κ2) is 10.4. The summed E-state index contributed by atoms with van der Waals surface area (Å²) in [5.74, 6) is 1.00. The minimum Gasteiger partial charge on any atom is -0.278 e. The smallest absolute Gasteiger partial charge is 0.0630 e. The molecule has 5 rings (SSSR count). The molecule has 0 fully saturated rings. The first kappa shape index (κ1) is 23.8. The fourth-order valence-corrected chi connectivity index (χ4v) is 5.28. The molecule has 0 aliphatic heterocycles. The maximum absolute atomic E-state index is 4.79. The third kappa shape index (κ3) is 4.64. The van der Waals surface area contributed by atoms with E-state index in [4.69, 9.17) is 5.10 Å². The fourth-order valence-electron chi connectivity index (χ4n) is 5.28. The Bertz CT molecular complexity index is 1380. The van der Waals surface area contributed by atoms with Crippen LogP contribution in [0, 0.1) is 0 Å². The van der Waals surface area contributed by atoms with Gasteiger partial charge in [0.05, 0.1) is 11.9 Å². The number of hydrogen-bond acceptors (Lipinski definition) is 2. The van der Waals surface area contributed by atoms with Crippen molar-refractivity contribution < 1.29 is 0 Å². The van der Waals surface area contributed by atoms with Crippen molar-refractivity contribution in [1.82, 2.24) is 0 Å². The average Bonchev–Trinajstić information content (AvgIpc) is 3.29. The molecular weight excluding hydrogens is 436 g/mol. The SMILES string of the molecule is CC(C)c1cccc(C(C)C)c1NN=Cc1ccccc1C1C(c2ccccc2)=Cc2ccccc21. The second-order valence-electron chi connectivity index (χ2n) is 10.1. The molecule has 2 heteroatoms. The van der Waals surface area contributed by atoms with E-state index >= 15 is 0 Å². The van der Waals surface area contributed by atoms with E-state index < -0.39 is 0 Å². The number of nitrogens with one attached hydrogen (secondary N) is 1. The zero-order valence-electron chi connectivity index (χ0n) is 21.6. The Labute approximate surface area is 215 Å². The van der Waals surface area contributed by atoms with Crippen LogP contribution in [0.4, 0.5) is 5.69 Å². The molecule has 0 saturated carbocycles. The van der Waals surface area contributed by atoms with Gasteiger partial charge in [-0.05, 0) is 62.4 Å². The lowest BCUT2D eigenvalue weighted by Crippen LogP contribution is -2.06. The third-order valence-corrected chi connectivity index (χ3v) is 7.10. The van der Waals surface area contributed by atoms with Crippen molar-refractivity contribution in [3.8, 4) is 0 Å². The number of rotatable bonds is 7. The molecule has 1 atom stereocenters. The number of nitrogens with zero attached hydrogens (tertiary/aromatic N) is 1. The zero-order chi connectivity index (χ0) is 25.1. The molecule has 2 nitrogen and oxygen atoms in total. The summed E-state index contributed by atoms with van der Waals surface area (Å²) in [5, 5.41) is 4.79. The van der Waals surface area contributed by atoms with Crippen LogP contribution in [0.3, 0.4) is 0 Å². The van der Waals surface area contributed by atoms with Crippen LogP contribution in [0.25, 0.3) is 11.6 Å². The van der Waals surface area contributed by atoms with Crippen molar-refractivity contribution in [3.63, 3.8) is 0 Å². The molecule has 180 valence electrons. The van der Waals surface area contributed by atoms with Gasteiger partial charge in [0.15, 0.2) is 0 Å². The van der Waals surface area contributed by atoms with Crippen molar-refractivity contribution in [2.45, 2.75) is 45.4 Å².